The Labute approximate surface area is 178 Å². The number of carbonyl (C=O) groups excluding carboxylic acids is 1. The van der Waals surface area contributed by atoms with Crippen molar-refractivity contribution in [1.29, 1.82) is 0 Å². The average molecular weight is 429 g/mol. The van der Waals surface area contributed by atoms with E-state index >= 15 is 0 Å². The summed E-state index contributed by atoms with van der Waals surface area (Å²) in [6.07, 6.45) is 4.50. The molecule has 2 aromatic rings. The van der Waals surface area contributed by atoms with Crippen LogP contribution in [0.15, 0.2) is 60.0 Å². The molecule has 4 rings (SSSR count). The molecule has 0 aliphatic carbocycles. The van der Waals surface area contributed by atoms with E-state index in [4.69, 9.17) is 9.47 Å². The highest BCUT2D eigenvalue weighted by Crippen LogP contribution is 2.48. The SMILES string of the molecule is C/C(F)=C\C=C(/C)C1(c2ccc(F)cc2)Oc2cc(F)c(C(=O)N3CCCC3)cc2O1. The van der Waals surface area contributed by atoms with E-state index in [9.17, 15) is 18.0 Å². The summed E-state index contributed by atoms with van der Waals surface area (Å²) in [4.78, 5) is 14.3. The highest BCUT2D eigenvalue weighted by Gasteiger charge is 2.46. The molecule has 0 bridgehead atoms. The number of rotatable bonds is 4. The largest absolute Gasteiger partial charge is 0.441 e. The second kappa shape index (κ2) is 8.13. The van der Waals surface area contributed by atoms with E-state index in [1.54, 1.807) is 11.8 Å². The lowest BCUT2D eigenvalue weighted by Crippen LogP contribution is -2.36. The number of ether oxygens (including phenoxy) is 2. The summed E-state index contributed by atoms with van der Waals surface area (Å²) in [5.74, 6) is -3.24. The Morgan fingerprint density at radius 1 is 1.00 bits per heavy atom. The third-order valence-corrected chi connectivity index (χ3v) is 5.47. The lowest BCUT2D eigenvalue weighted by atomic mass is 9.97. The van der Waals surface area contributed by atoms with Gasteiger partial charge in [-0.05, 0) is 63.1 Å². The molecule has 0 aromatic heterocycles. The van der Waals surface area contributed by atoms with Crippen LogP contribution in [-0.2, 0) is 5.79 Å². The van der Waals surface area contributed by atoms with Crippen LogP contribution in [0.1, 0.15) is 42.6 Å². The Bertz CT molecular complexity index is 1070. The molecule has 1 fully saturated rings. The molecule has 1 atom stereocenters. The van der Waals surface area contributed by atoms with E-state index in [1.165, 1.54) is 49.4 Å². The molecule has 162 valence electrons. The van der Waals surface area contributed by atoms with Gasteiger partial charge in [-0.15, -0.1) is 0 Å². The summed E-state index contributed by atoms with van der Waals surface area (Å²) in [5.41, 5.74) is 0.803. The van der Waals surface area contributed by atoms with E-state index in [-0.39, 0.29) is 17.1 Å². The van der Waals surface area contributed by atoms with Gasteiger partial charge in [0.15, 0.2) is 11.5 Å². The van der Waals surface area contributed by atoms with Crippen molar-refractivity contribution in [2.75, 3.05) is 13.1 Å². The van der Waals surface area contributed by atoms with Crippen LogP contribution in [0, 0.1) is 11.6 Å². The van der Waals surface area contributed by atoms with Gasteiger partial charge in [-0.3, -0.25) is 4.79 Å². The first-order valence-electron chi connectivity index (χ1n) is 10.1. The third kappa shape index (κ3) is 3.92. The monoisotopic (exact) mass is 429 g/mol. The van der Waals surface area contributed by atoms with Gasteiger partial charge in [0.25, 0.3) is 5.91 Å². The van der Waals surface area contributed by atoms with E-state index in [0.29, 0.717) is 24.2 Å². The Morgan fingerprint density at radius 3 is 2.23 bits per heavy atom. The summed E-state index contributed by atoms with van der Waals surface area (Å²) in [7, 11) is 0. The van der Waals surface area contributed by atoms with Gasteiger partial charge in [0, 0.05) is 30.3 Å². The fourth-order valence-corrected chi connectivity index (χ4v) is 3.80. The third-order valence-electron chi connectivity index (χ3n) is 5.47. The van der Waals surface area contributed by atoms with Crippen molar-refractivity contribution >= 4 is 5.91 Å². The van der Waals surface area contributed by atoms with Crippen LogP contribution in [0.3, 0.4) is 0 Å². The lowest BCUT2D eigenvalue weighted by Gasteiger charge is -2.29. The quantitative estimate of drug-likeness (QED) is 0.590. The van der Waals surface area contributed by atoms with Gasteiger partial charge in [-0.25, -0.2) is 13.2 Å². The molecule has 0 N–H and O–H groups in total. The van der Waals surface area contributed by atoms with Gasteiger partial charge in [0.05, 0.1) is 11.4 Å². The van der Waals surface area contributed by atoms with Crippen LogP contribution in [0.2, 0.25) is 0 Å². The minimum Gasteiger partial charge on any atom is -0.441 e. The van der Waals surface area contributed by atoms with E-state index < -0.39 is 29.2 Å². The number of carbonyl (C=O) groups is 1. The summed E-state index contributed by atoms with van der Waals surface area (Å²) in [6.45, 7) is 4.14. The van der Waals surface area contributed by atoms with E-state index in [2.05, 4.69) is 0 Å². The summed E-state index contributed by atoms with van der Waals surface area (Å²) < 4.78 is 53.8. The number of hydrogen-bond acceptors (Lipinski definition) is 3. The van der Waals surface area contributed by atoms with Crippen LogP contribution in [0.25, 0.3) is 0 Å². The molecule has 31 heavy (non-hydrogen) atoms. The molecule has 1 unspecified atom stereocenters. The molecule has 1 amide bonds. The van der Waals surface area contributed by atoms with Crippen LogP contribution in [0.4, 0.5) is 13.2 Å². The number of allylic oxidation sites excluding steroid dienone is 3. The first-order valence-corrected chi connectivity index (χ1v) is 10.1. The Balaban J connectivity index is 1.77. The van der Waals surface area contributed by atoms with Crippen LogP contribution in [-0.4, -0.2) is 23.9 Å². The molecule has 2 aliphatic heterocycles. The molecule has 0 radical (unpaired) electrons. The van der Waals surface area contributed by atoms with Crippen molar-refractivity contribution in [2.24, 2.45) is 0 Å². The normalized spacial score (nSPS) is 21.0. The highest BCUT2D eigenvalue weighted by molar-refractivity contribution is 5.95. The van der Waals surface area contributed by atoms with Gasteiger partial charge < -0.3 is 14.4 Å². The molecular weight excluding hydrogens is 407 g/mol. The van der Waals surface area contributed by atoms with Gasteiger partial charge in [-0.1, -0.05) is 6.08 Å². The summed E-state index contributed by atoms with van der Waals surface area (Å²) in [5, 5.41) is 0. The first-order chi connectivity index (χ1) is 14.8. The molecule has 7 heteroatoms. The smallest absolute Gasteiger partial charge is 0.301 e. The lowest BCUT2D eigenvalue weighted by molar-refractivity contribution is -0.0499. The van der Waals surface area contributed by atoms with Crippen molar-refractivity contribution in [1.82, 2.24) is 4.90 Å². The predicted octanol–water partition coefficient (Wildman–Crippen LogP) is 5.64. The molecule has 1 saturated heterocycles. The predicted molar refractivity (Wildman–Crippen MR) is 109 cm³/mol. The average Bonchev–Trinajstić information content (AvgIpc) is 3.40. The van der Waals surface area contributed by atoms with Crippen LogP contribution >= 0.6 is 0 Å². The van der Waals surface area contributed by atoms with Crippen molar-refractivity contribution in [3.63, 3.8) is 0 Å². The number of hydrogen-bond donors (Lipinski definition) is 0. The maximum atomic E-state index is 14.8. The molecule has 2 aliphatic rings. The molecule has 4 nitrogen and oxygen atoms in total. The Hall–Kier alpha value is -3.22. The van der Waals surface area contributed by atoms with Crippen molar-refractivity contribution in [3.05, 3.63) is 82.7 Å². The number of halogens is 3. The number of fused-ring (bicyclic) bond motifs is 1. The second-order valence-corrected chi connectivity index (χ2v) is 7.71. The molecule has 0 spiro atoms. The minimum atomic E-state index is -1.55. The van der Waals surface area contributed by atoms with Crippen molar-refractivity contribution < 1.29 is 27.4 Å². The van der Waals surface area contributed by atoms with Crippen LogP contribution in [0.5, 0.6) is 11.5 Å². The maximum Gasteiger partial charge on any atom is 0.301 e. The second-order valence-electron chi connectivity index (χ2n) is 7.71. The first kappa shape index (κ1) is 21.0. The zero-order chi connectivity index (χ0) is 22.2. The molecule has 2 heterocycles. The summed E-state index contributed by atoms with van der Waals surface area (Å²) in [6, 6.07) is 7.92. The Morgan fingerprint density at radius 2 is 1.61 bits per heavy atom. The standard InChI is InChI=1S/C24H22F3NO3/c1-15(5-6-16(2)25)24(17-7-9-18(26)10-8-17)30-21-13-19(20(27)14-22(21)31-24)23(29)28-11-3-4-12-28/h5-10,13-14H,3-4,11-12H2,1-2H3/b15-5+,16-6+. The van der Waals surface area contributed by atoms with E-state index in [1.807, 2.05) is 0 Å². The molecule has 2 aromatic carbocycles. The van der Waals surface area contributed by atoms with Crippen molar-refractivity contribution in [2.45, 2.75) is 32.5 Å². The van der Waals surface area contributed by atoms with Gasteiger partial charge in [0.1, 0.15) is 11.6 Å². The zero-order valence-corrected chi connectivity index (χ0v) is 17.3. The number of benzene rings is 2. The topological polar surface area (TPSA) is 38.8 Å². The fourth-order valence-electron chi connectivity index (χ4n) is 3.80. The molecular formula is C24H22F3NO3. The van der Waals surface area contributed by atoms with Gasteiger partial charge in [0.2, 0.25) is 0 Å². The molecule has 0 saturated carbocycles. The fraction of sp³-hybridized carbons (Fsp3) is 0.292. The number of nitrogens with zero attached hydrogens (tertiary/aromatic N) is 1. The Kier molecular flexibility index (Phi) is 5.52. The van der Waals surface area contributed by atoms with Gasteiger partial charge in [-0.2, -0.15) is 0 Å². The highest BCUT2D eigenvalue weighted by atomic mass is 19.1. The van der Waals surface area contributed by atoms with Crippen molar-refractivity contribution in [3.8, 4) is 11.5 Å². The van der Waals surface area contributed by atoms with E-state index in [0.717, 1.165) is 18.9 Å². The van der Waals surface area contributed by atoms with Gasteiger partial charge >= 0.3 is 5.79 Å². The number of likely N-dealkylation sites (tertiary alicyclic amines) is 1. The minimum absolute atomic E-state index is 0.0970. The maximum absolute atomic E-state index is 14.8. The van der Waals surface area contributed by atoms with Crippen LogP contribution < -0.4 is 9.47 Å². The zero-order valence-electron chi connectivity index (χ0n) is 17.3. The number of amides is 1. The summed E-state index contributed by atoms with van der Waals surface area (Å²) >= 11 is 0.